The minimum Gasteiger partial charge on any atom is -0.490 e. The number of hydrogen-bond donors (Lipinski definition) is 1. The van der Waals surface area contributed by atoms with E-state index < -0.39 is 0 Å². The van der Waals surface area contributed by atoms with E-state index in [1.54, 1.807) is 0 Å². The van der Waals surface area contributed by atoms with E-state index in [1.807, 2.05) is 18.3 Å². The second-order valence-corrected chi connectivity index (χ2v) is 9.29. The molecule has 0 radical (unpaired) electrons. The number of rotatable bonds is 5. The Morgan fingerprint density at radius 3 is 2.44 bits per heavy atom. The molecule has 3 aromatic rings. The summed E-state index contributed by atoms with van der Waals surface area (Å²) in [4.78, 5) is 6.89. The summed E-state index contributed by atoms with van der Waals surface area (Å²) in [6.07, 6.45) is 7.04. The maximum atomic E-state index is 6.18. The minimum atomic E-state index is -0.0291. The van der Waals surface area contributed by atoms with Crippen molar-refractivity contribution in [3.63, 3.8) is 0 Å². The highest BCUT2D eigenvalue weighted by Crippen LogP contribution is 2.43. The van der Waals surface area contributed by atoms with E-state index in [1.165, 1.54) is 29.8 Å². The van der Waals surface area contributed by atoms with Gasteiger partial charge < -0.3 is 19.5 Å². The average molecular weight is 447 g/mol. The van der Waals surface area contributed by atoms with Crippen LogP contribution in [0.1, 0.15) is 60.4 Å². The van der Waals surface area contributed by atoms with Crippen LogP contribution in [0.2, 0.25) is 0 Å². The molecule has 1 aliphatic carbocycles. The number of anilines is 1. The molecule has 3 heterocycles. The molecule has 0 bridgehead atoms. The molecule has 5 rings (SSSR count). The van der Waals surface area contributed by atoms with Crippen LogP contribution in [0.3, 0.4) is 0 Å². The van der Waals surface area contributed by atoms with Gasteiger partial charge in [-0.2, -0.15) is 0 Å². The van der Waals surface area contributed by atoms with Crippen molar-refractivity contribution in [1.29, 1.82) is 0 Å². The molecule has 2 fully saturated rings. The largest absolute Gasteiger partial charge is 0.490 e. The van der Waals surface area contributed by atoms with Crippen LogP contribution in [0.15, 0.2) is 54.7 Å². The molecule has 1 aliphatic heterocycles. The van der Waals surface area contributed by atoms with E-state index >= 15 is 0 Å². The smallest absolute Gasteiger partial charge is 0.174 e. The Hall–Kier alpha value is -2.86. The lowest BCUT2D eigenvalue weighted by atomic mass is 9.96. The number of thiocarbonyl (C=S) groups is 1. The zero-order valence-electron chi connectivity index (χ0n) is 18.9. The number of aryl methyl sites for hydroxylation is 1. The lowest BCUT2D eigenvalue weighted by molar-refractivity contribution is 0.210. The highest BCUT2D eigenvalue weighted by Gasteiger charge is 2.42. The third-order valence-corrected chi connectivity index (χ3v) is 7.27. The normalized spacial score (nSPS) is 21.2. The average Bonchev–Trinajstić information content (AvgIpc) is 3.50. The third-order valence-electron chi connectivity index (χ3n) is 6.95. The molecule has 1 saturated heterocycles. The standard InChI is InChI=1S/C26H30N4OS/c1-17-16-22(18(2)29(17)3)25-24(23-10-6-7-15-27-23)28-26(32)30(25)19-11-13-21(14-12-19)31-20-8-4-5-9-20/h6-7,10-16,20,24-25H,4-5,8-9H2,1-3H3,(H,28,32)/t24-,25+/m1/s1. The van der Waals surface area contributed by atoms with Gasteiger partial charge in [-0.15, -0.1) is 0 Å². The van der Waals surface area contributed by atoms with E-state index in [0.717, 1.165) is 35.1 Å². The van der Waals surface area contributed by atoms with Crippen molar-refractivity contribution in [2.24, 2.45) is 7.05 Å². The van der Waals surface area contributed by atoms with Crippen molar-refractivity contribution in [1.82, 2.24) is 14.9 Å². The maximum absolute atomic E-state index is 6.18. The predicted octanol–water partition coefficient (Wildman–Crippen LogP) is 5.54. The van der Waals surface area contributed by atoms with Crippen molar-refractivity contribution >= 4 is 23.0 Å². The molecule has 1 saturated carbocycles. The van der Waals surface area contributed by atoms with Gasteiger partial charge in [0.15, 0.2) is 5.11 Å². The molecule has 32 heavy (non-hydrogen) atoms. The molecular weight excluding hydrogens is 416 g/mol. The lowest BCUT2D eigenvalue weighted by Gasteiger charge is -2.28. The van der Waals surface area contributed by atoms with Gasteiger partial charge in [0.25, 0.3) is 0 Å². The second kappa shape index (κ2) is 8.58. The lowest BCUT2D eigenvalue weighted by Crippen LogP contribution is -2.29. The second-order valence-electron chi connectivity index (χ2n) is 8.90. The van der Waals surface area contributed by atoms with Crippen LogP contribution in [0.25, 0.3) is 0 Å². The Morgan fingerprint density at radius 2 is 1.81 bits per heavy atom. The highest BCUT2D eigenvalue weighted by atomic mass is 32.1. The van der Waals surface area contributed by atoms with Gasteiger partial charge in [0.2, 0.25) is 0 Å². The topological polar surface area (TPSA) is 42.3 Å². The van der Waals surface area contributed by atoms with Crippen molar-refractivity contribution < 1.29 is 4.74 Å². The fourth-order valence-electron chi connectivity index (χ4n) is 5.02. The first-order valence-electron chi connectivity index (χ1n) is 11.4. The summed E-state index contributed by atoms with van der Waals surface area (Å²) in [5.74, 6) is 0.934. The van der Waals surface area contributed by atoms with Gasteiger partial charge in [-0.3, -0.25) is 4.98 Å². The SMILES string of the molecule is Cc1cc([C@H]2[C@@H](c3ccccn3)NC(=S)N2c2ccc(OC3CCCC3)cc2)c(C)n1C. The van der Waals surface area contributed by atoms with Gasteiger partial charge in [-0.1, -0.05) is 6.07 Å². The molecule has 1 N–H and O–H groups in total. The van der Waals surface area contributed by atoms with Crippen LogP contribution in [-0.2, 0) is 7.05 Å². The van der Waals surface area contributed by atoms with Gasteiger partial charge in [0.1, 0.15) is 5.75 Å². The maximum Gasteiger partial charge on any atom is 0.174 e. The number of ether oxygens (including phenoxy) is 1. The van der Waals surface area contributed by atoms with E-state index in [9.17, 15) is 0 Å². The molecule has 2 aromatic heterocycles. The summed E-state index contributed by atoms with van der Waals surface area (Å²) in [5.41, 5.74) is 5.79. The van der Waals surface area contributed by atoms with Gasteiger partial charge in [0.05, 0.1) is 23.9 Å². The summed E-state index contributed by atoms with van der Waals surface area (Å²) in [5, 5.41) is 4.27. The van der Waals surface area contributed by atoms with Crippen molar-refractivity contribution in [3.05, 3.63) is 77.4 Å². The van der Waals surface area contributed by atoms with Crippen molar-refractivity contribution in [2.75, 3.05) is 4.90 Å². The Labute approximate surface area is 195 Å². The van der Waals surface area contributed by atoms with Gasteiger partial charge >= 0.3 is 0 Å². The van der Waals surface area contributed by atoms with Crippen molar-refractivity contribution in [3.8, 4) is 5.75 Å². The van der Waals surface area contributed by atoms with Crippen LogP contribution in [0.5, 0.6) is 5.75 Å². The van der Waals surface area contributed by atoms with Gasteiger partial charge in [-0.05, 0) is 99.8 Å². The third kappa shape index (κ3) is 3.77. The Bertz CT molecular complexity index is 1100. The fourth-order valence-corrected chi connectivity index (χ4v) is 5.36. The van der Waals surface area contributed by atoms with E-state index in [0.29, 0.717) is 6.10 Å². The summed E-state index contributed by atoms with van der Waals surface area (Å²) in [6.45, 7) is 4.32. The Balaban J connectivity index is 1.52. The molecule has 6 heteroatoms. The highest BCUT2D eigenvalue weighted by molar-refractivity contribution is 7.80. The molecule has 2 atom stereocenters. The van der Waals surface area contributed by atoms with Gasteiger partial charge in [-0.25, -0.2) is 0 Å². The van der Waals surface area contributed by atoms with E-state index in [-0.39, 0.29) is 12.1 Å². The first-order valence-corrected chi connectivity index (χ1v) is 11.8. The van der Waals surface area contributed by atoms with Crippen LogP contribution < -0.4 is 15.0 Å². The number of pyridine rings is 1. The zero-order chi connectivity index (χ0) is 22.2. The number of hydrogen-bond acceptors (Lipinski definition) is 3. The van der Waals surface area contributed by atoms with E-state index in [4.69, 9.17) is 17.0 Å². The summed E-state index contributed by atoms with van der Waals surface area (Å²) in [7, 11) is 2.12. The first kappa shape index (κ1) is 21.0. The number of aromatic nitrogens is 2. The zero-order valence-corrected chi connectivity index (χ0v) is 19.7. The van der Waals surface area contributed by atoms with Crippen LogP contribution in [-0.4, -0.2) is 20.8 Å². The van der Waals surface area contributed by atoms with Crippen LogP contribution >= 0.6 is 12.2 Å². The molecule has 1 aromatic carbocycles. The monoisotopic (exact) mass is 446 g/mol. The molecule has 166 valence electrons. The van der Waals surface area contributed by atoms with Gasteiger partial charge in [0, 0.05) is 30.3 Å². The number of nitrogens with zero attached hydrogens (tertiary/aromatic N) is 3. The Morgan fingerprint density at radius 1 is 1.06 bits per heavy atom. The molecule has 2 aliphatic rings. The van der Waals surface area contributed by atoms with E-state index in [2.05, 4.69) is 77.1 Å². The number of nitrogens with one attached hydrogen (secondary N) is 1. The molecule has 0 unspecified atom stereocenters. The van der Waals surface area contributed by atoms with Crippen molar-refractivity contribution in [2.45, 2.75) is 57.7 Å². The molecule has 0 spiro atoms. The van der Waals surface area contributed by atoms with Crippen LogP contribution in [0, 0.1) is 13.8 Å². The summed E-state index contributed by atoms with van der Waals surface area (Å²) < 4.78 is 8.42. The van der Waals surface area contributed by atoms with Crippen LogP contribution in [0.4, 0.5) is 5.69 Å². The predicted molar refractivity (Wildman–Crippen MR) is 132 cm³/mol. The fraction of sp³-hybridized carbons (Fsp3) is 0.385. The quantitative estimate of drug-likeness (QED) is 0.522. The molecular formula is C26H30N4OS. The first-order chi connectivity index (χ1) is 15.5. The Kier molecular flexibility index (Phi) is 5.64. The number of benzene rings is 1. The summed E-state index contributed by atoms with van der Waals surface area (Å²) >= 11 is 5.86. The molecule has 5 nitrogen and oxygen atoms in total. The summed E-state index contributed by atoms with van der Waals surface area (Å²) in [6, 6.07) is 16.7. The molecule has 0 amide bonds. The minimum absolute atomic E-state index is 0.0129.